The molecule has 0 fully saturated rings. The summed E-state index contributed by atoms with van der Waals surface area (Å²) in [6.07, 6.45) is 5.32. The van der Waals surface area contributed by atoms with Crippen LogP contribution in [0.4, 0.5) is 0 Å². The van der Waals surface area contributed by atoms with E-state index in [2.05, 4.69) is 41.5 Å². The summed E-state index contributed by atoms with van der Waals surface area (Å²) in [5.41, 5.74) is 0. The van der Waals surface area contributed by atoms with Crippen LogP contribution in [0.2, 0.25) is 0 Å². The van der Waals surface area contributed by atoms with Gasteiger partial charge in [0.05, 0.1) is 5.92 Å². The van der Waals surface area contributed by atoms with Crippen LogP contribution in [0.3, 0.4) is 0 Å². The lowest BCUT2D eigenvalue weighted by Gasteiger charge is -1.98. The zero-order valence-electron chi connectivity index (χ0n) is 15.4. The molecule has 0 rings (SSSR count). The van der Waals surface area contributed by atoms with E-state index >= 15 is 0 Å². The Morgan fingerprint density at radius 2 is 0.850 bits per heavy atom. The topological polar surface area (TPSA) is 34.1 Å². The molecule has 0 radical (unpaired) electrons. The van der Waals surface area contributed by atoms with Crippen molar-refractivity contribution >= 4 is 11.6 Å². The lowest BCUT2D eigenvalue weighted by Crippen LogP contribution is -2.14. The third-order valence-electron chi connectivity index (χ3n) is 4.01. The predicted molar refractivity (Wildman–Crippen MR) is 90.0 cm³/mol. The smallest absolute Gasteiger partial charge is 0.139 e. The van der Waals surface area contributed by atoms with Gasteiger partial charge in [0.15, 0.2) is 0 Å². The number of Topliss-reactive ketones (excluding diaryl/α,β-unsaturated/α-hetero) is 2. The SMILES string of the molecule is CC(=O)C(C)C(C)=O.CCC(C)CC.CCC(C)CC. The Morgan fingerprint density at radius 3 is 0.850 bits per heavy atom. The molecule has 0 aromatic heterocycles. The number of hydrogen-bond donors (Lipinski definition) is 0. The number of carbonyl (C=O) groups excluding carboxylic acids is 2. The van der Waals surface area contributed by atoms with Gasteiger partial charge >= 0.3 is 0 Å². The molecule has 2 nitrogen and oxygen atoms in total. The maximum atomic E-state index is 10.4. The molecule has 0 unspecified atom stereocenters. The first-order valence-electron chi connectivity index (χ1n) is 8.18. The van der Waals surface area contributed by atoms with Crippen molar-refractivity contribution in [2.45, 2.75) is 88.0 Å². The van der Waals surface area contributed by atoms with E-state index in [-0.39, 0.29) is 11.6 Å². The van der Waals surface area contributed by atoms with Crippen LogP contribution in [0.25, 0.3) is 0 Å². The van der Waals surface area contributed by atoms with E-state index in [0.29, 0.717) is 0 Å². The zero-order valence-corrected chi connectivity index (χ0v) is 15.4. The van der Waals surface area contributed by atoms with Crippen LogP contribution in [-0.2, 0) is 9.59 Å². The minimum absolute atomic E-state index is 0.0579. The molecule has 0 bridgehead atoms. The third kappa shape index (κ3) is 19.7. The van der Waals surface area contributed by atoms with Crippen molar-refractivity contribution < 1.29 is 9.59 Å². The lowest BCUT2D eigenvalue weighted by atomic mass is 10.0. The van der Waals surface area contributed by atoms with Crippen molar-refractivity contribution in [3.05, 3.63) is 0 Å². The second kappa shape index (κ2) is 16.4. The van der Waals surface area contributed by atoms with Crippen LogP contribution in [0.5, 0.6) is 0 Å². The van der Waals surface area contributed by atoms with Gasteiger partial charge in [-0.25, -0.2) is 0 Å². The van der Waals surface area contributed by atoms with Crippen molar-refractivity contribution in [1.29, 1.82) is 0 Å². The Kier molecular flexibility index (Phi) is 20.0. The molecule has 0 N–H and O–H groups in total. The number of carbonyl (C=O) groups is 2. The van der Waals surface area contributed by atoms with E-state index < -0.39 is 5.92 Å². The number of rotatable bonds is 6. The molecule has 0 aliphatic rings. The first kappa shape index (κ1) is 24.4. The average Bonchev–Trinajstić information content (AvgIpc) is 2.45. The molecule has 0 atom stereocenters. The normalized spacial score (nSPS) is 9.80. The second-order valence-corrected chi connectivity index (χ2v) is 5.79. The van der Waals surface area contributed by atoms with E-state index in [4.69, 9.17) is 0 Å². The number of ketones is 2. The highest BCUT2D eigenvalue weighted by Crippen LogP contribution is 2.03. The molecule has 2 heteroatoms. The molecular formula is C18H38O2. The van der Waals surface area contributed by atoms with Crippen LogP contribution in [0.1, 0.15) is 88.0 Å². The first-order chi connectivity index (χ1) is 9.17. The monoisotopic (exact) mass is 286 g/mol. The molecule has 0 saturated carbocycles. The van der Waals surface area contributed by atoms with E-state index in [1.807, 2.05) is 0 Å². The van der Waals surface area contributed by atoms with E-state index in [1.165, 1.54) is 39.5 Å². The van der Waals surface area contributed by atoms with Gasteiger partial charge in [-0.2, -0.15) is 0 Å². The molecule has 0 saturated heterocycles. The fourth-order valence-corrected chi connectivity index (χ4v) is 0.864. The molecular weight excluding hydrogens is 248 g/mol. The Morgan fingerprint density at radius 1 is 0.650 bits per heavy atom. The van der Waals surface area contributed by atoms with E-state index in [0.717, 1.165) is 11.8 Å². The summed E-state index contributed by atoms with van der Waals surface area (Å²) in [5.74, 6) is 1.35. The van der Waals surface area contributed by atoms with Crippen molar-refractivity contribution in [3.63, 3.8) is 0 Å². The minimum atomic E-state index is -0.407. The maximum absolute atomic E-state index is 10.4. The highest BCUT2D eigenvalue weighted by atomic mass is 16.1. The fraction of sp³-hybridized carbons (Fsp3) is 0.889. The van der Waals surface area contributed by atoms with Gasteiger partial charge < -0.3 is 0 Å². The summed E-state index contributed by atoms with van der Waals surface area (Å²) >= 11 is 0. The molecule has 0 spiro atoms. The molecule has 0 aliphatic heterocycles. The lowest BCUT2D eigenvalue weighted by molar-refractivity contribution is -0.129. The largest absolute Gasteiger partial charge is 0.299 e. The first-order valence-corrected chi connectivity index (χ1v) is 8.18. The second-order valence-electron chi connectivity index (χ2n) is 5.79. The summed E-state index contributed by atoms with van der Waals surface area (Å²) < 4.78 is 0. The summed E-state index contributed by atoms with van der Waals surface area (Å²) in [6.45, 7) is 17.9. The van der Waals surface area contributed by atoms with Gasteiger partial charge in [0.1, 0.15) is 11.6 Å². The Bertz CT molecular complexity index is 202. The molecule has 0 heterocycles. The maximum Gasteiger partial charge on any atom is 0.139 e. The van der Waals surface area contributed by atoms with Crippen molar-refractivity contribution in [3.8, 4) is 0 Å². The molecule has 0 aliphatic carbocycles. The van der Waals surface area contributed by atoms with E-state index in [1.54, 1.807) is 6.92 Å². The van der Waals surface area contributed by atoms with Crippen LogP contribution in [-0.4, -0.2) is 11.6 Å². The van der Waals surface area contributed by atoms with Gasteiger partial charge in [0.2, 0.25) is 0 Å². The van der Waals surface area contributed by atoms with Crippen LogP contribution in [0, 0.1) is 17.8 Å². The standard InChI is InChI=1S/C6H10O2.2C6H14/c1-4(5(2)7)6(3)8;2*1-4-6(3)5-2/h4H,1-3H3;2*6H,4-5H2,1-3H3. The van der Waals surface area contributed by atoms with Crippen LogP contribution < -0.4 is 0 Å². The summed E-state index contributed by atoms with van der Waals surface area (Å²) in [5, 5.41) is 0. The van der Waals surface area contributed by atoms with Gasteiger partial charge in [-0.05, 0) is 32.6 Å². The number of hydrogen-bond acceptors (Lipinski definition) is 2. The van der Waals surface area contributed by atoms with Gasteiger partial charge in [0.25, 0.3) is 0 Å². The quantitative estimate of drug-likeness (QED) is 0.588. The Hall–Kier alpha value is -0.660. The third-order valence-corrected chi connectivity index (χ3v) is 4.01. The van der Waals surface area contributed by atoms with Crippen molar-refractivity contribution in [1.82, 2.24) is 0 Å². The van der Waals surface area contributed by atoms with Crippen molar-refractivity contribution in [2.75, 3.05) is 0 Å². The highest BCUT2D eigenvalue weighted by molar-refractivity contribution is 5.99. The van der Waals surface area contributed by atoms with Gasteiger partial charge in [0, 0.05) is 0 Å². The summed E-state index contributed by atoms with van der Waals surface area (Å²) in [6, 6.07) is 0. The molecule has 0 aromatic carbocycles. The van der Waals surface area contributed by atoms with Gasteiger partial charge in [-0.3, -0.25) is 9.59 Å². The Labute approximate surface area is 127 Å². The molecule has 122 valence electrons. The molecule has 0 aromatic rings. The van der Waals surface area contributed by atoms with E-state index in [9.17, 15) is 9.59 Å². The summed E-state index contributed by atoms with van der Waals surface area (Å²) in [4.78, 5) is 20.7. The fourth-order valence-electron chi connectivity index (χ4n) is 0.864. The van der Waals surface area contributed by atoms with Crippen LogP contribution >= 0.6 is 0 Å². The van der Waals surface area contributed by atoms with Gasteiger partial charge in [-0.1, -0.05) is 67.2 Å². The van der Waals surface area contributed by atoms with Crippen molar-refractivity contribution in [2.24, 2.45) is 17.8 Å². The van der Waals surface area contributed by atoms with Crippen LogP contribution in [0.15, 0.2) is 0 Å². The minimum Gasteiger partial charge on any atom is -0.299 e. The zero-order chi connectivity index (χ0) is 16.7. The highest BCUT2D eigenvalue weighted by Gasteiger charge is 2.11. The average molecular weight is 286 g/mol. The molecule has 0 amide bonds. The predicted octanol–water partition coefficient (Wildman–Crippen LogP) is 5.69. The Balaban J connectivity index is -0.000000221. The van der Waals surface area contributed by atoms with Gasteiger partial charge in [-0.15, -0.1) is 0 Å². The summed E-state index contributed by atoms with van der Waals surface area (Å²) in [7, 11) is 0. The molecule has 20 heavy (non-hydrogen) atoms.